The minimum atomic E-state index is -1.48. The van der Waals surface area contributed by atoms with Crippen molar-refractivity contribution < 1.29 is 4.39 Å². The molecule has 0 heterocycles. The second-order valence-corrected chi connectivity index (χ2v) is 9.55. The highest BCUT2D eigenvalue weighted by Crippen LogP contribution is 2.16. The van der Waals surface area contributed by atoms with E-state index in [2.05, 4.69) is 15.9 Å². The lowest BCUT2D eigenvalue weighted by Gasteiger charge is -2.14. The Morgan fingerprint density at radius 3 is 1.57 bits per heavy atom. The maximum atomic E-state index is 12.2. The fourth-order valence-electron chi connectivity index (χ4n) is 0. The van der Waals surface area contributed by atoms with Crippen LogP contribution in [-0.4, -0.2) is 12.8 Å². The van der Waals surface area contributed by atoms with E-state index in [0.29, 0.717) is 0 Å². The van der Waals surface area contributed by atoms with Crippen LogP contribution in [0.15, 0.2) is 0 Å². The normalized spacial score (nSPS) is 16.7. The SMILES string of the molecule is C[Si](C)(C)C(F)Br. The monoisotopic (exact) mass is 184 g/mol. The van der Waals surface area contributed by atoms with Gasteiger partial charge in [-0.15, -0.1) is 0 Å². The number of hydrogen-bond donors (Lipinski definition) is 0. The van der Waals surface area contributed by atoms with Gasteiger partial charge in [-0.3, -0.25) is 0 Å². The van der Waals surface area contributed by atoms with E-state index >= 15 is 0 Å². The van der Waals surface area contributed by atoms with Crippen LogP contribution in [0.4, 0.5) is 4.39 Å². The van der Waals surface area contributed by atoms with E-state index < -0.39 is 12.8 Å². The maximum absolute atomic E-state index is 12.2. The molecule has 0 fully saturated rings. The fourth-order valence-corrected chi connectivity index (χ4v) is 0. The second-order valence-electron chi connectivity index (χ2n) is 2.67. The quantitative estimate of drug-likeness (QED) is 0.435. The van der Waals surface area contributed by atoms with Crippen LogP contribution in [-0.2, 0) is 0 Å². The molecule has 0 radical (unpaired) electrons. The molecule has 0 nitrogen and oxygen atoms in total. The van der Waals surface area contributed by atoms with E-state index in [1.165, 1.54) is 0 Å². The summed E-state index contributed by atoms with van der Waals surface area (Å²) >= 11 is 2.89. The van der Waals surface area contributed by atoms with E-state index in [-0.39, 0.29) is 0 Å². The highest BCUT2D eigenvalue weighted by molar-refractivity contribution is 9.10. The number of halogens is 2. The van der Waals surface area contributed by atoms with Gasteiger partial charge in [-0.1, -0.05) is 35.6 Å². The molecule has 0 aliphatic carbocycles. The van der Waals surface area contributed by atoms with Crippen LogP contribution in [0.5, 0.6) is 0 Å². The molecule has 0 aromatic rings. The van der Waals surface area contributed by atoms with E-state index in [0.717, 1.165) is 0 Å². The molecule has 3 heteroatoms. The molecule has 0 rings (SSSR count). The zero-order valence-electron chi connectivity index (χ0n) is 4.83. The average molecular weight is 185 g/mol. The van der Waals surface area contributed by atoms with Crippen molar-refractivity contribution in [2.24, 2.45) is 0 Å². The Hall–Kier alpha value is 0.627. The van der Waals surface area contributed by atoms with Crippen molar-refractivity contribution in [3.63, 3.8) is 0 Å². The molecule has 0 aliphatic rings. The van der Waals surface area contributed by atoms with Gasteiger partial charge in [-0.2, -0.15) is 0 Å². The van der Waals surface area contributed by atoms with Crippen molar-refractivity contribution in [1.82, 2.24) is 0 Å². The molecule has 0 saturated heterocycles. The minimum absolute atomic E-state index is 0.750. The van der Waals surface area contributed by atoms with Crippen molar-refractivity contribution in [2.75, 3.05) is 0 Å². The van der Waals surface area contributed by atoms with E-state index in [4.69, 9.17) is 0 Å². The van der Waals surface area contributed by atoms with Crippen molar-refractivity contribution in [2.45, 2.75) is 24.3 Å². The lowest BCUT2D eigenvalue weighted by molar-refractivity contribution is 0.552. The van der Waals surface area contributed by atoms with Gasteiger partial charge in [0.2, 0.25) is 0 Å². The zero-order chi connectivity index (χ0) is 6.08. The molecule has 1 atom stereocenters. The predicted molar refractivity (Wildman–Crippen MR) is 37.2 cm³/mol. The molecule has 0 amide bonds. The van der Waals surface area contributed by atoms with Gasteiger partial charge in [0.15, 0.2) is 0 Å². The van der Waals surface area contributed by atoms with Crippen molar-refractivity contribution in [1.29, 1.82) is 0 Å². The Labute approximate surface area is 53.2 Å². The molecule has 44 valence electrons. The smallest absolute Gasteiger partial charge is 0.141 e. The van der Waals surface area contributed by atoms with Crippen molar-refractivity contribution in [3.05, 3.63) is 0 Å². The van der Waals surface area contributed by atoms with Gasteiger partial charge in [0, 0.05) is 0 Å². The lowest BCUT2D eigenvalue weighted by atomic mass is 11.7. The summed E-state index contributed by atoms with van der Waals surface area (Å²) in [5, 5.41) is 0. The topological polar surface area (TPSA) is 0 Å². The summed E-state index contributed by atoms with van der Waals surface area (Å²) in [6, 6.07) is 0. The van der Waals surface area contributed by atoms with Gasteiger partial charge in [0.25, 0.3) is 0 Å². The first-order valence-corrected chi connectivity index (χ1v) is 6.72. The number of alkyl halides is 2. The summed E-state index contributed by atoms with van der Waals surface area (Å²) in [7, 11) is -1.48. The Bertz CT molecular complexity index is 57.2. The lowest BCUT2D eigenvalue weighted by Crippen LogP contribution is -2.29. The van der Waals surface area contributed by atoms with Gasteiger partial charge >= 0.3 is 0 Å². The standard InChI is InChI=1S/C4H10BrFSi/c1-7(2,3)4(5)6/h4H,1-3H3. The molecule has 7 heavy (non-hydrogen) atoms. The van der Waals surface area contributed by atoms with Crippen molar-refractivity contribution >= 4 is 24.0 Å². The molecule has 1 unspecified atom stereocenters. The Morgan fingerprint density at radius 2 is 1.57 bits per heavy atom. The largest absolute Gasteiger partial charge is 0.239 e. The molecular weight excluding hydrogens is 175 g/mol. The second kappa shape index (κ2) is 2.26. The fraction of sp³-hybridized carbons (Fsp3) is 1.00. The first kappa shape index (κ1) is 7.63. The molecule has 0 aliphatic heterocycles. The van der Waals surface area contributed by atoms with Gasteiger partial charge < -0.3 is 0 Å². The van der Waals surface area contributed by atoms with E-state index in [9.17, 15) is 4.39 Å². The maximum Gasteiger partial charge on any atom is 0.141 e. The third-order valence-electron chi connectivity index (χ3n) is 0.655. The van der Waals surface area contributed by atoms with Gasteiger partial charge in [0.05, 0.1) is 8.07 Å². The van der Waals surface area contributed by atoms with Crippen LogP contribution in [0.25, 0.3) is 0 Å². The average Bonchev–Trinajstić information content (AvgIpc) is 1.31. The molecule has 0 N–H and O–H groups in total. The van der Waals surface area contributed by atoms with E-state index in [1.54, 1.807) is 0 Å². The number of rotatable bonds is 1. The third kappa shape index (κ3) is 3.23. The summed E-state index contributed by atoms with van der Waals surface area (Å²) in [6.45, 7) is 5.94. The molecular formula is C4H10BrFSi. The van der Waals surface area contributed by atoms with Gasteiger partial charge in [0.1, 0.15) is 4.70 Å². The summed E-state index contributed by atoms with van der Waals surface area (Å²) in [5.41, 5.74) is 0. The Kier molecular flexibility index (Phi) is 2.47. The first-order chi connectivity index (χ1) is 2.94. The van der Waals surface area contributed by atoms with E-state index in [1.807, 2.05) is 19.6 Å². The van der Waals surface area contributed by atoms with Gasteiger partial charge in [-0.05, 0) is 0 Å². The molecule has 0 aromatic carbocycles. The summed E-state index contributed by atoms with van der Waals surface area (Å²) < 4.78 is 11.4. The summed E-state index contributed by atoms with van der Waals surface area (Å²) in [5.74, 6) is 0. The molecule has 0 bridgehead atoms. The molecule has 0 spiro atoms. The van der Waals surface area contributed by atoms with Crippen LogP contribution in [0.3, 0.4) is 0 Å². The van der Waals surface area contributed by atoms with Crippen LogP contribution in [0, 0.1) is 0 Å². The summed E-state index contributed by atoms with van der Waals surface area (Å²) in [6.07, 6.45) is 0. The zero-order valence-corrected chi connectivity index (χ0v) is 7.42. The first-order valence-electron chi connectivity index (χ1n) is 2.23. The number of hydrogen-bond acceptors (Lipinski definition) is 0. The van der Waals surface area contributed by atoms with Crippen LogP contribution in [0.1, 0.15) is 0 Å². The van der Waals surface area contributed by atoms with Crippen molar-refractivity contribution in [3.8, 4) is 0 Å². The van der Waals surface area contributed by atoms with Gasteiger partial charge in [-0.25, -0.2) is 4.39 Å². The third-order valence-corrected chi connectivity index (χ3v) is 6.08. The minimum Gasteiger partial charge on any atom is -0.239 e. The molecule has 0 saturated carbocycles. The van der Waals surface area contributed by atoms with Crippen LogP contribution >= 0.6 is 15.9 Å². The highest BCUT2D eigenvalue weighted by Gasteiger charge is 2.22. The Morgan fingerprint density at radius 1 is 1.43 bits per heavy atom. The Balaban J connectivity index is 3.54. The highest BCUT2D eigenvalue weighted by atomic mass is 79.9. The predicted octanol–water partition coefficient (Wildman–Crippen LogP) is 2.55. The van der Waals surface area contributed by atoms with Crippen LogP contribution < -0.4 is 0 Å². The van der Waals surface area contributed by atoms with Crippen LogP contribution in [0.2, 0.25) is 19.6 Å². The summed E-state index contributed by atoms with van der Waals surface area (Å²) in [4.78, 5) is 0. The molecule has 0 aromatic heterocycles.